The summed E-state index contributed by atoms with van der Waals surface area (Å²) in [6.07, 6.45) is 5.44. The van der Waals surface area contributed by atoms with Crippen molar-refractivity contribution in [2.24, 2.45) is 0 Å². The van der Waals surface area contributed by atoms with Crippen molar-refractivity contribution >= 4 is 35.7 Å². The second kappa shape index (κ2) is 11.7. The second-order valence-electron chi connectivity index (χ2n) is 10.6. The molecule has 1 aliphatic carbocycles. The zero-order chi connectivity index (χ0) is 27.3. The van der Waals surface area contributed by atoms with E-state index in [-0.39, 0.29) is 18.7 Å². The van der Waals surface area contributed by atoms with Gasteiger partial charge >= 0.3 is 12.1 Å². The predicted molar refractivity (Wildman–Crippen MR) is 148 cm³/mol. The summed E-state index contributed by atoms with van der Waals surface area (Å²) in [5, 5.41) is 2.54. The van der Waals surface area contributed by atoms with Crippen LogP contribution >= 0.6 is 0 Å². The maximum absolute atomic E-state index is 13.1. The van der Waals surface area contributed by atoms with E-state index in [9.17, 15) is 14.4 Å². The molecule has 4 rings (SSSR count). The number of amides is 2. The molecule has 0 saturated carbocycles. The van der Waals surface area contributed by atoms with E-state index in [1.54, 1.807) is 20.8 Å². The standard InChI is InChI=1S/C31H36N2O5/c1-31(2,3)38-30(36)32-26(29(35)37-4)15-16-27(34)33-19-17-23(18-20-33)28-24-11-7-5-9-21(24)13-14-22-10-6-8-12-25(22)28/h5-14,26H,15-20H2,1-4H3,(H,32,36)/t26-/m0/s1. The molecule has 1 N–H and O–H groups in total. The number of nitrogens with one attached hydrogen (secondary N) is 1. The van der Waals surface area contributed by atoms with Crippen LogP contribution in [0.2, 0.25) is 0 Å². The van der Waals surface area contributed by atoms with Gasteiger partial charge in [-0.2, -0.15) is 0 Å². The van der Waals surface area contributed by atoms with E-state index in [0.717, 1.165) is 12.8 Å². The van der Waals surface area contributed by atoms with Crippen LogP contribution in [0, 0.1) is 0 Å². The highest BCUT2D eigenvalue weighted by atomic mass is 16.6. The molecule has 0 spiro atoms. The quantitative estimate of drug-likeness (QED) is 0.457. The normalized spacial score (nSPS) is 15.6. The van der Waals surface area contributed by atoms with Gasteiger partial charge in [-0.3, -0.25) is 4.79 Å². The van der Waals surface area contributed by atoms with Gasteiger partial charge in [0.05, 0.1) is 7.11 Å². The fraction of sp³-hybridized carbons (Fsp3) is 0.387. The number of carbonyl (C=O) groups is 3. The van der Waals surface area contributed by atoms with Gasteiger partial charge in [0.25, 0.3) is 0 Å². The second-order valence-corrected chi connectivity index (χ2v) is 10.6. The Labute approximate surface area is 224 Å². The van der Waals surface area contributed by atoms with Crippen molar-refractivity contribution in [3.8, 4) is 0 Å². The van der Waals surface area contributed by atoms with Gasteiger partial charge in [0.2, 0.25) is 5.91 Å². The molecule has 0 bridgehead atoms. The molecule has 1 atom stereocenters. The zero-order valence-electron chi connectivity index (χ0n) is 22.6. The first-order valence-electron chi connectivity index (χ1n) is 13.1. The summed E-state index contributed by atoms with van der Waals surface area (Å²) in [7, 11) is 1.26. The molecular formula is C31H36N2O5. The number of rotatable bonds is 5. The average molecular weight is 517 g/mol. The summed E-state index contributed by atoms with van der Waals surface area (Å²) < 4.78 is 10.1. The minimum absolute atomic E-state index is 0.0442. The minimum Gasteiger partial charge on any atom is -0.467 e. The lowest BCUT2D eigenvalue weighted by molar-refractivity contribution is -0.143. The molecule has 200 valence electrons. The highest BCUT2D eigenvalue weighted by Gasteiger charge is 2.28. The fourth-order valence-electron chi connectivity index (χ4n) is 4.99. The lowest BCUT2D eigenvalue weighted by atomic mass is 9.86. The molecule has 2 aliphatic rings. The number of ether oxygens (including phenoxy) is 2. The molecule has 1 aliphatic heterocycles. The zero-order valence-corrected chi connectivity index (χ0v) is 22.6. The van der Waals surface area contributed by atoms with Crippen LogP contribution in [0.15, 0.2) is 54.1 Å². The van der Waals surface area contributed by atoms with Crippen LogP contribution in [0.1, 0.15) is 68.7 Å². The number of hydrogen-bond donors (Lipinski definition) is 1. The monoisotopic (exact) mass is 516 g/mol. The number of alkyl carbamates (subject to hydrolysis) is 1. The van der Waals surface area contributed by atoms with Crippen molar-refractivity contribution in [3.05, 3.63) is 76.4 Å². The molecule has 1 fully saturated rings. The van der Waals surface area contributed by atoms with Gasteiger partial charge in [-0.25, -0.2) is 9.59 Å². The molecule has 7 nitrogen and oxygen atoms in total. The Morgan fingerprint density at radius 2 is 1.47 bits per heavy atom. The molecule has 0 aromatic heterocycles. The fourth-order valence-corrected chi connectivity index (χ4v) is 4.99. The number of hydrogen-bond acceptors (Lipinski definition) is 5. The highest BCUT2D eigenvalue weighted by Crippen LogP contribution is 2.38. The Balaban J connectivity index is 1.44. The van der Waals surface area contributed by atoms with Crippen LogP contribution in [0.3, 0.4) is 0 Å². The summed E-state index contributed by atoms with van der Waals surface area (Å²) >= 11 is 0. The van der Waals surface area contributed by atoms with E-state index in [1.165, 1.54) is 40.5 Å². The van der Waals surface area contributed by atoms with E-state index in [0.29, 0.717) is 13.1 Å². The van der Waals surface area contributed by atoms with Crippen LogP contribution in [-0.2, 0) is 19.1 Å². The van der Waals surface area contributed by atoms with E-state index in [2.05, 4.69) is 66.0 Å². The SMILES string of the molecule is COC(=O)[C@H](CCC(=O)N1CCC(=C2c3ccccc3C=Cc3ccccc32)CC1)NC(=O)OC(C)(C)C. The van der Waals surface area contributed by atoms with Gasteiger partial charge in [0.1, 0.15) is 11.6 Å². The summed E-state index contributed by atoms with van der Waals surface area (Å²) in [6.45, 7) is 6.44. The molecule has 2 aromatic carbocycles. The molecule has 0 unspecified atom stereocenters. The Bertz CT molecular complexity index is 1210. The van der Waals surface area contributed by atoms with Crippen molar-refractivity contribution in [1.29, 1.82) is 0 Å². The first kappa shape index (κ1) is 27.2. The number of piperidine rings is 1. The van der Waals surface area contributed by atoms with Crippen LogP contribution in [0.5, 0.6) is 0 Å². The van der Waals surface area contributed by atoms with Crippen LogP contribution in [0.25, 0.3) is 17.7 Å². The van der Waals surface area contributed by atoms with Crippen LogP contribution in [0.4, 0.5) is 4.79 Å². The molecule has 38 heavy (non-hydrogen) atoms. The van der Waals surface area contributed by atoms with Crippen molar-refractivity contribution in [2.45, 2.75) is 58.1 Å². The van der Waals surface area contributed by atoms with E-state index in [4.69, 9.17) is 9.47 Å². The summed E-state index contributed by atoms with van der Waals surface area (Å²) in [5.74, 6) is -0.647. The number of carbonyl (C=O) groups excluding carboxylic acids is 3. The number of esters is 1. The lowest BCUT2D eigenvalue weighted by Crippen LogP contribution is -2.45. The summed E-state index contributed by atoms with van der Waals surface area (Å²) in [6, 6.07) is 15.9. The first-order chi connectivity index (χ1) is 18.2. The Kier molecular flexibility index (Phi) is 8.35. The number of methoxy groups -OCH3 is 1. The number of benzene rings is 2. The topological polar surface area (TPSA) is 84.9 Å². The molecular weight excluding hydrogens is 480 g/mol. The van der Waals surface area contributed by atoms with Gasteiger partial charge in [-0.05, 0) is 67.9 Å². The first-order valence-corrected chi connectivity index (χ1v) is 13.1. The maximum Gasteiger partial charge on any atom is 0.408 e. The van der Waals surface area contributed by atoms with Gasteiger partial charge in [0.15, 0.2) is 0 Å². The van der Waals surface area contributed by atoms with Crippen molar-refractivity contribution in [2.75, 3.05) is 20.2 Å². The van der Waals surface area contributed by atoms with Gasteiger partial charge in [-0.15, -0.1) is 0 Å². The summed E-state index contributed by atoms with van der Waals surface area (Å²) in [4.78, 5) is 39.3. The molecule has 7 heteroatoms. The largest absolute Gasteiger partial charge is 0.467 e. The Hall–Kier alpha value is -3.87. The van der Waals surface area contributed by atoms with E-state index < -0.39 is 23.7 Å². The minimum atomic E-state index is -0.951. The summed E-state index contributed by atoms with van der Waals surface area (Å²) in [5.41, 5.74) is 6.73. The molecule has 2 amide bonds. The molecule has 2 aromatic rings. The number of likely N-dealkylation sites (tertiary alicyclic amines) is 1. The van der Waals surface area contributed by atoms with Gasteiger partial charge in [0, 0.05) is 19.5 Å². The van der Waals surface area contributed by atoms with Gasteiger partial charge in [-0.1, -0.05) is 66.3 Å². The third kappa shape index (κ3) is 6.52. The lowest BCUT2D eigenvalue weighted by Gasteiger charge is -2.31. The molecule has 0 radical (unpaired) electrons. The van der Waals surface area contributed by atoms with Crippen molar-refractivity contribution in [3.63, 3.8) is 0 Å². The third-order valence-electron chi connectivity index (χ3n) is 6.80. The van der Waals surface area contributed by atoms with E-state index >= 15 is 0 Å². The Morgan fingerprint density at radius 1 is 0.921 bits per heavy atom. The van der Waals surface area contributed by atoms with Crippen molar-refractivity contribution < 1.29 is 23.9 Å². The van der Waals surface area contributed by atoms with Gasteiger partial charge < -0.3 is 19.7 Å². The smallest absolute Gasteiger partial charge is 0.408 e. The maximum atomic E-state index is 13.1. The van der Waals surface area contributed by atoms with Crippen LogP contribution in [-0.4, -0.2) is 54.7 Å². The highest BCUT2D eigenvalue weighted by molar-refractivity contribution is 5.95. The number of fused-ring (bicyclic) bond motifs is 2. The van der Waals surface area contributed by atoms with Crippen molar-refractivity contribution in [1.82, 2.24) is 10.2 Å². The third-order valence-corrected chi connectivity index (χ3v) is 6.80. The average Bonchev–Trinajstić information content (AvgIpc) is 3.06. The predicted octanol–water partition coefficient (Wildman–Crippen LogP) is 5.44. The Morgan fingerprint density at radius 3 is 2.00 bits per heavy atom. The molecule has 1 saturated heterocycles. The molecule has 1 heterocycles. The van der Waals surface area contributed by atoms with E-state index in [1.807, 2.05) is 4.90 Å². The van der Waals surface area contributed by atoms with Crippen LogP contribution < -0.4 is 5.32 Å². The number of nitrogens with zero attached hydrogens (tertiary/aromatic N) is 1.